The van der Waals surface area contributed by atoms with Crippen LogP contribution in [0.2, 0.25) is 0 Å². The summed E-state index contributed by atoms with van der Waals surface area (Å²) in [6.45, 7) is 2.27. The molecule has 0 saturated heterocycles. The maximum Gasteiger partial charge on any atom is 0.148 e. The fourth-order valence-corrected chi connectivity index (χ4v) is 1.98. The van der Waals surface area contributed by atoms with Crippen molar-refractivity contribution in [3.05, 3.63) is 41.7 Å². The van der Waals surface area contributed by atoms with Gasteiger partial charge < -0.3 is 5.11 Å². The predicted octanol–water partition coefficient (Wildman–Crippen LogP) is 2.67. The topological polar surface area (TPSA) is 56.9 Å². The molecule has 1 aromatic carbocycles. The molecular weight excluding hydrogens is 224 g/mol. The lowest BCUT2D eigenvalue weighted by Gasteiger charge is -2.08. The van der Waals surface area contributed by atoms with Crippen molar-refractivity contribution in [2.24, 2.45) is 5.92 Å². The number of aliphatic hydroxyl groups is 1. The van der Waals surface area contributed by atoms with Crippen molar-refractivity contribution < 1.29 is 5.11 Å². The quantitative estimate of drug-likeness (QED) is 0.893. The zero-order chi connectivity index (χ0) is 13.0. The third-order valence-electron chi connectivity index (χ3n) is 3.17. The molecule has 3 heteroatoms. The summed E-state index contributed by atoms with van der Waals surface area (Å²) < 4.78 is 0. The van der Waals surface area contributed by atoms with Crippen molar-refractivity contribution in [1.29, 1.82) is 5.26 Å². The Hall–Kier alpha value is -1.92. The fraction of sp³-hybridized carbons (Fsp3) is 0.333. The number of fused-ring (bicyclic) bond motifs is 1. The third-order valence-corrected chi connectivity index (χ3v) is 3.17. The third kappa shape index (κ3) is 2.66. The van der Waals surface area contributed by atoms with E-state index >= 15 is 0 Å². The second kappa shape index (κ2) is 5.61. The van der Waals surface area contributed by atoms with E-state index < -0.39 is 0 Å². The molecule has 0 saturated carbocycles. The number of pyridine rings is 1. The monoisotopic (exact) mass is 240 g/mol. The molecule has 1 heterocycles. The predicted molar refractivity (Wildman–Crippen MR) is 71.0 cm³/mol. The molecule has 2 aromatic rings. The van der Waals surface area contributed by atoms with Crippen LogP contribution >= 0.6 is 0 Å². The van der Waals surface area contributed by atoms with Crippen LogP contribution in [0.1, 0.15) is 24.6 Å². The number of aromatic nitrogens is 1. The smallest absolute Gasteiger partial charge is 0.148 e. The molecule has 0 aliphatic heterocycles. The molecule has 0 bridgehead atoms. The number of rotatable bonds is 4. The Morgan fingerprint density at radius 1 is 1.39 bits per heavy atom. The van der Waals surface area contributed by atoms with Gasteiger partial charge in [-0.3, -0.25) is 0 Å². The fourth-order valence-electron chi connectivity index (χ4n) is 1.98. The van der Waals surface area contributed by atoms with Gasteiger partial charge in [0, 0.05) is 18.2 Å². The second-order valence-corrected chi connectivity index (χ2v) is 4.65. The average molecular weight is 240 g/mol. The zero-order valence-corrected chi connectivity index (χ0v) is 10.4. The molecule has 2 rings (SSSR count). The van der Waals surface area contributed by atoms with Gasteiger partial charge in [0.05, 0.1) is 0 Å². The number of aliphatic hydroxyl groups excluding tert-OH is 1. The van der Waals surface area contributed by atoms with Crippen molar-refractivity contribution in [2.75, 3.05) is 6.61 Å². The van der Waals surface area contributed by atoms with Gasteiger partial charge in [0.25, 0.3) is 0 Å². The summed E-state index contributed by atoms with van der Waals surface area (Å²) in [7, 11) is 0. The van der Waals surface area contributed by atoms with Crippen LogP contribution in [0.5, 0.6) is 0 Å². The van der Waals surface area contributed by atoms with E-state index in [1.54, 1.807) is 6.20 Å². The van der Waals surface area contributed by atoms with E-state index in [-0.39, 0.29) is 6.61 Å². The number of hydrogen-bond donors (Lipinski definition) is 1. The molecule has 0 spiro atoms. The first-order valence-corrected chi connectivity index (χ1v) is 6.13. The van der Waals surface area contributed by atoms with Crippen molar-refractivity contribution in [3.63, 3.8) is 0 Å². The van der Waals surface area contributed by atoms with E-state index in [4.69, 9.17) is 10.4 Å². The highest BCUT2D eigenvalue weighted by Crippen LogP contribution is 2.19. The maximum atomic E-state index is 9.01. The van der Waals surface area contributed by atoms with Gasteiger partial charge in [-0.1, -0.05) is 25.1 Å². The van der Waals surface area contributed by atoms with E-state index in [1.807, 2.05) is 25.1 Å². The van der Waals surface area contributed by atoms with Crippen molar-refractivity contribution in [2.45, 2.75) is 19.8 Å². The highest BCUT2D eigenvalue weighted by Gasteiger charge is 2.04. The number of aryl methyl sites for hydroxylation is 1. The normalized spacial score (nSPS) is 12.3. The van der Waals surface area contributed by atoms with Crippen LogP contribution < -0.4 is 0 Å². The minimum atomic E-state index is 0.232. The molecule has 3 nitrogen and oxygen atoms in total. The Bertz CT molecular complexity index is 587. The number of nitrogens with zero attached hydrogens (tertiary/aromatic N) is 2. The Kier molecular flexibility index (Phi) is 3.91. The van der Waals surface area contributed by atoms with Gasteiger partial charge in [0.15, 0.2) is 0 Å². The van der Waals surface area contributed by atoms with Crippen molar-refractivity contribution >= 4 is 10.8 Å². The van der Waals surface area contributed by atoms with Crippen LogP contribution in [-0.4, -0.2) is 16.7 Å². The Balaban J connectivity index is 2.26. The number of nitriles is 1. The van der Waals surface area contributed by atoms with Gasteiger partial charge in [-0.15, -0.1) is 0 Å². The summed E-state index contributed by atoms with van der Waals surface area (Å²) in [4.78, 5) is 4.05. The number of benzene rings is 1. The van der Waals surface area contributed by atoms with E-state index in [0.29, 0.717) is 11.6 Å². The van der Waals surface area contributed by atoms with Gasteiger partial charge in [-0.05, 0) is 35.8 Å². The summed E-state index contributed by atoms with van der Waals surface area (Å²) in [5.74, 6) is 0.327. The van der Waals surface area contributed by atoms with Gasteiger partial charge in [-0.2, -0.15) is 5.26 Å². The van der Waals surface area contributed by atoms with Gasteiger partial charge in [0.1, 0.15) is 11.8 Å². The SMILES string of the molecule is C[C@H](CO)CCc1ccc2c(C#N)nccc2c1. The number of hydrogen-bond acceptors (Lipinski definition) is 3. The van der Waals surface area contributed by atoms with Crippen LogP contribution in [0.4, 0.5) is 0 Å². The van der Waals surface area contributed by atoms with Crippen LogP contribution in [-0.2, 0) is 6.42 Å². The minimum Gasteiger partial charge on any atom is -0.396 e. The first-order valence-electron chi connectivity index (χ1n) is 6.13. The lowest BCUT2D eigenvalue weighted by Crippen LogP contribution is -2.02. The second-order valence-electron chi connectivity index (χ2n) is 4.65. The van der Waals surface area contributed by atoms with E-state index in [0.717, 1.165) is 23.6 Å². The van der Waals surface area contributed by atoms with Crippen LogP contribution in [0, 0.1) is 17.2 Å². The van der Waals surface area contributed by atoms with E-state index in [2.05, 4.69) is 17.1 Å². The molecular formula is C15H16N2O. The lowest BCUT2D eigenvalue weighted by molar-refractivity contribution is 0.230. The van der Waals surface area contributed by atoms with Crippen LogP contribution in [0.3, 0.4) is 0 Å². The molecule has 0 amide bonds. The first-order chi connectivity index (χ1) is 8.74. The molecule has 0 fully saturated rings. The highest BCUT2D eigenvalue weighted by atomic mass is 16.3. The lowest BCUT2D eigenvalue weighted by atomic mass is 9.99. The van der Waals surface area contributed by atoms with Gasteiger partial charge >= 0.3 is 0 Å². The standard InChI is InChI=1S/C15H16N2O/c1-11(10-18)2-3-12-4-5-14-13(8-12)6-7-17-15(14)9-16/h4-8,11,18H,2-3,10H2,1H3/t11-/m0/s1. The maximum absolute atomic E-state index is 9.01. The van der Waals surface area contributed by atoms with Crippen molar-refractivity contribution in [3.8, 4) is 6.07 Å². The Morgan fingerprint density at radius 2 is 2.22 bits per heavy atom. The molecule has 0 radical (unpaired) electrons. The van der Waals surface area contributed by atoms with Gasteiger partial charge in [-0.25, -0.2) is 4.98 Å². The molecule has 1 aromatic heterocycles. The average Bonchev–Trinajstić information content (AvgIpc) is 2.43. The zero-order valence-electron chi connectivity index (χ0n) is 10.4. The summed E-state index contributed by atoms with van der Waals surface area (Å²) in [5, 5.41) is 19.9. The minimum absolute atomic E-state index is 0.232. The molecule has 0 aliphatic carbocycles. The first kappa shape index (κ1) is 12.5. The Morgan fingerprint density at radius 3 is 2.94 bits per heavy atom. The van der Waals surface area contributed by atoms with Crippen molar-refractivity contribution in [1.82, 2.24) is 4.98 Å². The van der Waals surface area contributed by atoms with Gasteiger partial charge in [0.2, 0.25) is 0 Å². The molecule has 18 heavy (non-hydrogen) atoms. The Labute approximate surface area is 107 Å². The largest absolute Gasteiger partial charge is 0.396 e. The molecule has 0 aliphatic rings. The molecule has 0 unspecified atom stereocenters. The summed E-state index contributed by atoms with van der Waals surface area (Å²) in [6, 6.07) is 10.1. The molecule has 1 atom stereocenters. The van der Waals surface area contributed by atoms with Crippen LogP contribution in [0.15, 0.2) is 30.5 Å². The summed E-state index contributed by atoms with van der Waals surface area (Å²) >= 11 is 0. The van der Waals surface area contributed by atoms with Crippen LogP contribution in [0.25, 0.3) is 10.8 Å². The van der Waals surface area contributed by atoms with E-state index in [1.165, 1.54) is 5.56 Å². The van der Waals surface area contributed by atoms with E-state index in [9.17, 15) is 0 Å². The molecule has 92 valence electrons. The highest BCUT2D eigenvalue weighted by molar-refractivity contribution is 5.86. The summed E-state index contributed by atoms with van der Waals surface area (Å²) in [5.41, 5.74) is 1.71. The summed E-state index contributed by atoms with van der Waals surface area (Å²) in [6.07, 6.45) is 3.58. The molecule has 1 N–H and O–H groups in total.